The van der Waals surface area contributed by atoms with E-state index in [1.807, 2.05) is 30.3 Å². The van der Waals surface area contributed by atoms with Crippen molar-refractivity contribution in [2.24, 2.45) is 0 Å². The Labute approximate surface area is 146 Å². The van der Waals surface area contributed by atoms with Crippen LogP contribution in [0.25, 0.3) is 12.2 Å². The average Bonchev–Trinajstić information content (AvgIpc) is 2.98. The minimum absolute atomic E-state index is 0.0249. The molecule has 1 aromatic heterocycles. The molecule has 1 heterocycles. The van der Waals surface area contributed by atoms with E-state index in [1.54, 1.807) is 12.1 Å². The van der Waals surface area contributed by atoms with E-state index < -0.39 is 0 Å². The molecule has 5 nitrogen and oxygen atoms in total. The van der Waals surface area contributed by atoms with Crippen molar-refractivity contribution in [3.8, 4) is 5.75 Å². The summed E-state index contributed by atoms with van der Waals surface area (Å²) in [6.45, 7) is 0.285. The quantitative estimate of drug-likeness (QED) is 0.703. The average molecular weight is 390 g/mol. The maximum atomic E-state index is 13.2. The fraction of sp³-hybridized carbons (Fsp3) is 0.0588. The second-order valence-corrected chi connectivity index (χ2v) is 5.77. The van der Waals surface area contributed by atoms with Gasteiger partial charge >= 0.3 is 6.01 Å². The summed E-state index contributed by atoms with van der Waals surface area (Å²) in [5.74, 6) is 0.714. The van der Waals surface area contributed by atoms with Crippen LogP contribution in [0.15, 0.2) is 51.4 Å². The SMILES string of the molecule is Nc1nnc(/C=C/c2ccc(OCc3cccc(F)c3)c(Br)c2)o1. The standard InChI is InChI=1S/C17H13BrFN3O2/c18-14-9-11(5-7-16-21-22-17(20)24-16)4-6-15(14)23-10-12-2-1-3-13(19)8-12/h1-9H,10H2,(H2,20,22)/b7-5+. The lowest BCUT2D eigenvalue weighted by Gasteiger charge is -2.09. The molecule has 0 saturated heterocycles. The van der Waals surface area contributed by atoms with E-state index in [2.05, 4.69) is 26.1 Å². The first-order valence-electron chi connectivity index (χ1n) is 7.04. The maximum Gasteiger partial charge on any atom is 0.313 e. The first-order valence-corrected chi connectivity index (χ1v) is 7.83. The van der Waals surface area contributed by atoms with Crippen molar-refractivity contribution in [2.75, 3.05) is 5.73 Å². The molecule has 3 rings (SSSR count). The van der Waals surface area contributed by atoms with Gasteiger partial charge in [-0.2, -0.15) is 0 Å². The third-order valence-electron chi connectivity index (χ3n) is 3.11. The normalized spacial score (nSPS) is 11.1. The number of benzene rings is 2. The molecule has 0 aliphatic heterocycles. The van der Waals surface area contributed by atoms with Gasteiger partial charge in [-0.3, -0.25) is 0 Å². The molecule has 0 saturated carbocycles. The van der Waals surface area contributed by atoms with Gasteiger partial charge in [-0.05, 0) is 57.4 Å². The van der Waals surface area contributed by atoms with Crippen LogP contribution in [0.4, 0.5) is 10.4 Å². The molecule has 0 radical (unpaired) electrons. The first-order chi connectivity index (χ1) is 11.6. The predicted molar refractivity (Wildman–Crippen MR) is 92.5 cm³/mol. The second-order valence-electron chi connectivity index (χ2n) is 4.92. The van der Waals surface area contributed by atoms with Crippen LogP contribution in [-0.2, 0) is 6.61 Å². The minimum atomic E-state index is -0.280. The van der Waals surface area contributed by atoms with Crippen molar-refractivity contribution in [3.63, 3.8) is 0 Å². The third-order valence-corrected chi connectivity index (χ3v) is 3.73. The Bertz CT molecular complexity index is 880. The summed E-state index contributed by atoms with van der Waals surface area (Å²) in [6, 6.07) is 11.9. The van der Waals surface area contributed by atoms with E-state index in [9.17, 15) is 4.39 Å². The molecule has 0 aliphatic rings. The Morgan fingerprint density at radius 3 is 2.75 bits per heavy atom. The van der Waals surface area contributed by atoms with Crippen LogP contribution in [0, 0.1) is 5.82 Å². The van der Waals surface area contributed by atoms with Crippen LogP contribution < -0.4 is 10.5 Å². The van der Waals surface area contributed by atoms with E-state index in [-0.39, 0.29) is 18.4 Å². The maximum absolute atomic E-state index is 13.2. The van der Waals surface area contributed by atoms with Gasteiger partial charge < -0.3 is 14.9 Å². The van der Waals surface area contributed by atoms with Crippen molar-refractivity contribution in [1.29, 1.82) is 0 Å². The van der Waals surface area contributed by atoms with Crippen LogP contribution in [0.1, 0.15) is 17.0 Å². The topological polar surface area (TPSA) is 74.2 Å². The molecular formula is C17H13BrFN3O2. The monoisotopic (exact) mass is 389 g/mol. The Kier molecular flexibility index (Phi) is 4.90. The van der Waals surface area contributed by atoms with Gasteiger partial charge in [0.15, 0.2) is 0 Å². The Morgan fingerprint density at radius 1 is 1.17 bits per heavy atom. The highest BCUT2D eigenvalue weighted by Gasteiger charge is 2.04. The number of hydrogen-bond donors (Lipinski definition) is 1. The predicted octanol–water partition coefficient (Wildman–Crippen LogP) is 4.30. The van der Waals surface area contributed by atoms with Gasteiger partial charge in [-0.25, -0.2) is 4.39 Å². The molecule has 0 fully saturated rings. The Hall–Kier alpha value is -2.67. The summed E-state index contributed by atoms with van der Waals surface area (Å²) in [6.07, 6.45) is 3.48. The molecule has 2 aromatic carbocycles. The van der Waals surface area contributed by atoms with Crippen molar-refractivity contribution < 1.29 is 13.5 Å². The number of rotatable bonds is 5. The zero-order valence-electron chi connectivity index (χ0n) is 12.4. The van der Waals surface area contributed by atoms with E-state index in [4.69, 9.17) is 14.9 Å². The van der Waals surface area contributed by atoms with Crippen molar-refractivity contribution >= 4 is 34.1 Å². The molecule has 0 bridgehead atoms. The zero-order chi connectivity index (χ0) is 16.9. The molecule has 0 atom stereocenters. The van der Waals surface area contributed by atoms with E-state index in [0.29, 0.717) is 11.6 Å². The highest BCUT2D eigenvalue weighted by molar-refractivity contribution is 9.10. The highest BCUT2D eigenvalue weighted by atomic mass is 79.9. The van der Waals surface area contributed by atoms with Crippen LogP contribution >= 0.6 is 15.9 Å². The number of aromatic nitrogens is 2. The van der Waals surface area contributed by atoms with Gasteiger partial charge in [0, 0.05) is 6.08 Å². The number of halogens is 2. The number of nitrogens with zero attached hydrogens (tertiary/aromatic N) is 2. The van der Waals surface area contributed by atoms with Gasteiger partial charge in [0.25, 0.3) is 0 Å². The number of hydrogen-bond acceptors (Lipinski definition) is 5. The van der Waals surface area contributed by atoms with Crippen LogP contribution in [0.2, 0.25) is 0 Å². The van der Waals surface area contributed by atoms with Crippen LogP contribution in [-0.4, -0.2) is 10.2 Å². The molecule has 24 heavy (non-hydrogen) atoms. The smallest absolute Gasteiger partial charge is 0.313 e. The van der Waals surface area contributed by atoms with Crippen LogP contribution in [0.5, 0.6) is 5.75 Å². The molecule has 122 valence electrons. The lowest BCUT2D eigenvalue weighted by atomic mass is 10.2. The summed E-state index contributed by atoms with van der Waals surface area (Å²) in [7, 11) is 0. The summed E-state index contributed by atoms with van der Waals surface area (Å²) in [5, 5.41) is 7.32. The van der Waals surface area contributed by atoms with Gasteiger partial charge in [0.05, 0.1) is 4.47 Å². The Morgan fingerprint density at radius 2 is 2.04 bits per heavy atom. The van der Waals surface area contributed by atoms with Gasteiger partial charge in [-0.1, -0.05) is 23.3 Å². The molecule has 0 amide bonds. The largest absolute Gasteiger partial charge is 0.488 e. The lowest BCUT2D eigenvalue weighted by Crippen LogP contribution is -1.96. The molecular weight excluding hydrogens is 377 g/mol. The van der Waals surface area contributed by atoms with Crippen LogP contribution in [0.3, 0.4) is 0 Å². The number of ether oxygens (including phenoxy) is 1. The van der Waals surface area contributed by atoms with Gasteiger partial charge in [-0.15, -0.1) is 5.10 Å². The van der Waals surface area contributed by atoms with E-state index in [1.165, 1.54) is 12.1 Å². The Balaban J connectivity index is 1.67. The molecule has 0 unspecified atom stereocenters. The summed E-state index contributed by atoms with van der Waals surface area (Å²) in [5.41, 5.74) is 7.04. The second kappa shape index (κ2) is 7.27. The van der Waals surface area contributed by atoms with Crippen molar-refractivity contribution in [2.45, 2.75) is 6.61 Å². The third kappa shape index (κ3) is 4.20. The molecule has 2 N–H and O–H groups in total. The number of nitrogens with two attached hydrogens (primary N) is 1. The van der Waals surface area contributed by atoms with Gasteiger partial charge in [0.1, 0.15) is 18.2 Å². The fourth-order valence-corrected chi connectivity index (χ4v) is 2.52. The van der Waals surface area contributed by atoms with Crippen molar-refractivity contribution in [1.82, 2.24) is 10.2 Å². The lowest BCUT2D eigenvalue weighted by molar-refractivity contribution is 0.303. The number of nitrogen functional groups attached to an aromatic ring is 1. The zero-order valence-corrected chi connectivity index (χ0v) is 14.0. The molecule has 0 aliphatic carbocycles. The summed E-state index contributed by atoms with van der Waals surface area (Å²) >= 11 is 3.46. The molecule has 7 heteroatoms. The number of anilines is 1. The van der Waals surface area contributed by atoms with E-state index in [0.717, 1.165) is 15.6 Å². The molecule has 0 spiro atoms. The molecule has 3 aromatic rings. The van der Waals surface area contributed by atoms with Gasteiger partial charge in [0.2, 0.25) is 5.89 Å². The summed E-state index contributed by atoms with van der Waals surface area (Å²) in [4.78, 5) is 0. The highest BCUT2D eigenvalue weighted by Crippen LogP contribution is 2.27. The minimum Gasteiger partial charge on any atom is -0.488 e. The van der Waals surface area contributed by atoms with Crippen molar-refractivity contribution in [3.05, 3.63) is 69.8 Å². The fourth-order valence-electron chi connectivity index (χ4n) is 2.01. The first kappa shape index (κ1) is 16.2. The van der Waals surface area contributed by atoms with E-state index >= 15 is 0 Å². The summed E-state index contributed by atoms with van der Waals surface area (Å²) < 4.78 is 24.7.